The average molecular weight is 192 g/mol. The summed E-state index contributed by atoms with van der Waals surface area (Å²) in [5.74, 6) is 0.495. The van der Waals surface area contributed by atoms with E-state index in [0.29, 0.717) is 5.92 Å². The summed E-state index contributed by atoms with van der Waals surface area (Å²) in [6, 6.07) is 3.82. The fourth-order valence-electron chi connectivity index (χ4n) is 1.95. The lowest BCUT2D eigenvalue weighted by Gasteiger charge is -2.02. The van der Waals surface area contributed by atoms with Crippen molar-refractivity contribution in [3.63, 3.8) is 0 Å². The van der Waals surface area contributed by atoms with Gasteiger partial charge in [0, 0.05) is 12.0 Å². The first-order chi connectivity index (χ1) is 6.75. The van der Waals surface area contributed by atoms with Gasteiger partial charge in [-0.25, -0.2) is 4.79 Å². The highest BCUT2D eigenvalue weighted by Gasteiger charge is 2.23. The summed E-state index contributed by atoms with van der Waals surface area (Å²) >= 11 is 0. The van der Waals surface area contributed by atoms with Gasteiger partial charge in [0.1, 0.15) is 5.76 Å². The lowest BCUT2D eigenvalue weighted by Crippen LogP contribution is -1.91. The Bertz CT molecular complexity index is 349. The van der Waals surface area contributed by atoms with Gasteiger partial charge in [0.15, 0.2) is 0 Å². The molecule has 1 aliphatic carbocycles. The van der Waals surface area contributed by atoms with Crippen molar-refractivity contribution in [1.82, 2.24) is 0 Å². The van der Waals surface area contributed by atoms with Crippen molar-refractivity contribution in [3.05, 3.63) is 35.8 Å². The topological polar surface area (TPSA) is 50.4 Å². The Morgan fingerprint density at radius 1 is 1.64 bits per heavy atom. The molecule has 14 heavy (non-hydrogen) atoms. The van der Waals surface area contributed by atoms with E-state index in [0.717, 1.165) is 30.6 Å². The molecule has 1 aromatic rings. The van der Waals surface area contributed by atoms with Crippen molar-refractivity contribution in [2.75, 3.05) is 0 Å². The second kappa shape index (κ2) is 3.70. The zero-order chi connectivity index (χ0) is 9.97. The van der Waals surface area contributed by atoms with E-state index < -0.39 is 5.97 Å². The molecule has 0 aliphatic heterocycles. The van der Waals surface area contributed by atoms with E-state index in [9.17, 15) is 4.79 Å². The van der Waals surface area contributed by atoms with Gasteiger partial charge in [0.05, 0.1) is 6.26 Å². The Labute approximate surface area is 82.0 Å². The zero-order valence-corrected chi connectivity index (χ0v) is 7.77. The summed E-state index contributed by atoms with van der Waals surface area (Å²) in [4.78, 5) is 10.4. The van der Waals surface area contributed by atoms with Gasteiger partial charge in [-0.3, -0.25) is 0 Å². The van der Waals surface area contributed by atoms with Crippen LogP contribution >= 0.6 is 0 Å². The van der Waals surface area contributed by atoms with Gasteiger partial charge >= 0.3 is 5.97 Å². The first-order valence-corrected chi connectivity index (χ1v) is 4.71. The third-order valence-electron chi connectivity index (χ3n) is 2.60. The summed E-state index contributed by atoms with van der Waals surface area (Å²) < 4.78 is 5.30. The fraction of sp³-hybridized carbons (Fsp3) is 0.364. The van der Waals surface area contributed by atoms with Crippen LogP contribution in [0.1, 0.15) is 30.9 Å². The number of carboxylic acid groups (broad SMARTS) is 1. The number of hydrogen-bond donors (Lipinski definition) is 1. The molecule has 1 heterocycles. The lowest BCUT2D eigenvalue weighted by atomic mass is 10.1. The highest BCUT2D eigenvalue weighted by molar-refractivity contribution is 5.80. The third kappa shape index (κ3) is 1.87. The molecule has 1 aliphatic rings. The van der Waals surface area contributed by atoms with E-state index in [-0.39, 0.29) is 0 Å². The van der Waals surface area contributed by atoms with Crippen LogP contribution in [0, 0.1) is 0 Å². The number of rotatable bonds is 2. The van der Waals surface area contributed by atoms with Crippen LogP contribution in [0.4, 0.5) is 0 Å². The van der Waals surface area contributed by atoms with Crippen LogP contribution in [0.2, 0.25) is 0 Å². The van der Waals surface area contributed by atoms with E-state index in [2.05, 4.69) is 0 Å². The van der Waals surface area contributed by atoms with E-state index in [1.807, 2.05) is 12.1 Å². The molecule has 1 aromatic heterocycles. The molecule has 1 fully saturated rings. The molecule has 0 bridgehead atoms. The number of allylic oxidation sites excluding steroid dienone is 1. The summed E-state index contributed by atoms with van der Waals surface area (Å²) in [5.41, 5.74) is 1.01. The fourth-order valence-corrected chi connectivity index (χ4v) is 1.95. The molecule has 0 saturated heterocycles. The highest BCUT2D eigenvalue weighted by atomic mass is 16.4. The SMILES string of the molecule is O=C(O)/C=C1\CCC(c2ccco2)C1. The second-order valence-corrected chi connectivity index (χ2v) is 3.60. The molecule has 74 valence electrons. The van der Waals surface area contributed by atoms with E-state index >= 15 is 0 Å². The van der Waals surface area contributed by atoms with Crippen LogP contribution < -0.4 is 0 Å². The standard InChI is InChI=1S/C11H12O3/c12-11(13)7-8-3-4-9(6-8)10-2-1-5-14-10/h1-2,5,7,9H,3-4,6H2,(H,12,13)/b8-7+. The van der Waals surface area contributed by atoms with Crippen molar-refractivity contribution in [1.29, 1.82) is 0 Å². The maximum Gasteiger partial charge on any atom is 0.328 e. The maximum atomic E-state index is 10.4. The molecule has 1 unspecified atom stereocenters. The molecule has 1 atom stereocenters. The highest BCUT2D eigenvalue weighted by Crippen LogP contribution is 2.37. The molecule has 2 rings (SSSR count). The summed E-state index contributed by atoms with van der Waals surface area (Å²) in [5, 5.41) is 8.59. The second-order valence-electron chi connectivity index (χ2n) is 3.60. The Balaban J connectivity index is 2.05. The Morgan fingerprint density at radius 3 is 3.14 bits per heavy atom. The predicted molar refractivity (Wildman–Crippen MR) is 51.0 cm³/mol. The van der Waals surface area contributed by atoms with E-state index in [1.54, 1.807) is 6.26 Å². The largest absolute Gasteiger partial charge is 0.478 e. The van der Waals surface area contributed by atoms with Crippen LogP contribution in [0.5, 0.6) is 0 Å². The Kier molecular flexibility index (Phi) is 2.39. The number of carbonyl (C=O) groups is 1. The molecule has 3 nitrogen and oxygen atoms in total. The van der Waals surface area contributed by atoms with Gasteiger partial charge < -0.3 is 9.52 Å². The minimum Gasteiger partial charge on any atom is -0.478 e. The predicted octanol–water partition coefficient (Wildman–Crippen LogP) is 2.56. The van der Waals surface area contributed by atoms with Crippen molar-refractivity contribution >= 4 is 5.97 Å². The van der Waals surface area contributed by atoms with Gasteiger partial charge in [0.25, 0.3) is 0 Å². The molecular formula is C11H12O3. The number of hydrogen-bond acceptors (Lipinski definition) is 2. The molecule has 0 spiro atoms. The van der Waals surface area contributed by atoms with Crippen molar-refractivity contribution in [2.24, 2.45) is 0 Å². The van der Waals surface area contributed by atoms with Crippen LogP contribution in [0.15, 0.2) is 34.5 Å². The molecule has 0 radical (unpaired) electrons. The van der Waals surface area contributed by atoms with Crippen LogP contribution in [-0.4, -0.2) is 11.1 Å². The zero-order valence-electron chi connectivity index (χ0n) is 7.77. The lowest BCUT2D eigenvalue weighted by molar-refractivity contribution is -0.131. The molecular weight excluding hydrogens is 180 g/mol. The molecule has 0 amide bonds. The third-order valence-corrected chi connectivity index (χ3v) is 2.60. The van der Waals surface area contributed by atoms with Crippen LogP contribution in [0.25, 0.3) is 0 Å². The van der Waals surface area contributed by atoms with E-state index in [1.165, 1.54) is 6.08 Å². The molecule has 1 N–H and O–H groups in total. The van der Waals surface area contributed by atoms with Gasteiger partial charge in [-0.2, -0.15) is 0 Å². The first-order valence-electron chi connectivity index (χ1n) is 4.71. The van der Waals surface area contributed by atoms with Crippen molar-refractivity contribution in [3.8, 4) is 0 Å². The maximum absolute atomic E-state index is 10.4. The summed E-state index contributed by atoms with van der Waals surface area (Å²) in [6.45, 7) is 0. The Morgan fingerprint density at radius 2 is 2.50 bits per heavy atom. The quantitative estimate of drug-likeness (QED) is 0.732. The van der Waals surface area contributed by atoms with Crippen molar-refractivity contribution < 1.29 is 14.3 Å². The molecule has 3 heteroatoms. The number of aliphatic carboxylic acids is 1. The number of carboxylic acids is 1. The van der Waals surface area contributed by atoms with Gasteiger partial charge in [-0.05, 0) is 31.4 Å². The summed E-state index contributed by atoms with van der Waals surface area (Å²) in [6.07, 6.45) is 5.67. The van der Waals surface area contributed by atoms with Gasteiger partial charge in [0.2, 0.25) is 0 Å². The smallest absolute Gasteiger partial charge is 0.328 e. The van der Waals surface area contributed by atoms with Crippen molar-refractivity contribution in [2.45, 2.75) is 25.2 Å². The van der Waals surface area contributed by atoms with Crippen LogP contribution in [-0.2, 0) is 4.79 Å². The monoisotopic (exact) mass is 192 g/mol. The van der Waals surface area contributed by atoms with Gasteiger partial charge in [-0.1, -0.05) is 5.57 Å². The summed E-state index contributed by atoms with van der Waals surface area (Å²) in [7, 11) is 0. The normalized spacial score (nSPS) is 24.3. The first kappa shape index (κ1) is 9.06. The molecule has 0 aromatic carbocycles. The average Bonchev–Trinajstić information content (AvgIpc) is 2.69. The molecule has 1 saturated carbocycles. The minimum absolute atomic E-state index is 0.371. The Hall–Kier alpha value is -1.51. The van der Waals surface area contributed by atoms with E-state index in [4.69, 9.17) is 9.52 Å². The minimum atomic E-state index is -0.847. The van der Waals surface area contributed by atoms with Gasteiger partial charge in [-0.15, -0.1) is 0 Å². The number of furan rings is 1. The van der Waals surface area contributed by atoms with Crippen LogP contribution in [0.3, 0.4) is 0 Å².